The number of hydrogen-bond acceptors (Lipinski definition) is 2. The third-order valence-corrected chi connectivity index (χ3v) is 4.76. The molecule has 2 aromatic rings. The van der Waals surface area contributed by atoms with Crippen LogP contribution in [0.2, 0.25) is 0 Å². The predicted octanol–water partition coefficient (Wildman–Crippen LogP) is 3.76. The van der Waals surface area contributed by atoms with Gasteiger partial charge in [-0.1, -0.05) is 46.3 Å². The molecular weight excluding hydrogens is 387 g/mol. The van der Waals surface area contributed by atoms with Gasteiger partial charge in [-0.25, -0.2) is 4.39 Å². The molecule has 130 valence electrons. The molecule has 1 aliphatic rings. The number of anilines is 1. The summed E-state index contributed by atoms with van der Waals surface area (Å²) in [4.78, 5) is 26.7. The summed E-state index contributed by atoms with van der Waals surface area (Å²) in [5, 5.41) is 2.60. The molecule has 1 saturated heterocycles. The first-order chi connectivity index (χ1) is 12.0. The first-order valence-electron chi connectivity index (χ1n) is 8.14. The number of benzene rings is 2. The SMILES string of the molecule is O=C(Nc1ccc(Br)cc1F)[C@@H]1CCCN1C(=O)Cc1ccccc1. The number of amides is 2. The molecule has 0 radical (unpaired) electrons. The topological polar surface area (TPSA) is 49.4 Å². The van der Waals surface area contributed by atoms with Crippen LogP contribution in [0.3, 0.4) is 0 Å². The normalized spacial score (nSPS) is 16.7. The summed E-state index contributed by atoms with van der Waals surface area (Å²) in [7, 11) is 0. The molecule has 4 nitrogen and oxygen atoms in total. The van der Waals surface area contributed by atoms with E-state index >= 15 is 0 Å². The molecule has 0 aromatic heterocycles. The highest BCUT2D eigenvalue weighted by molar-refractivity contribution is 9.10. The van der Waals surface area contributed by atoms with Crippen molar-refractivity contribution in [3.63, 3.8) is 0 Å². The van der Waals surface area contributed by atoms with Crippen LogP contribution in [0.5, 0.6) is 0 Å². The molecule has 1 aliphatic heterocycles. The third-order valence-electron chi connectivity index (χ3n) is 4.26. The van der Waals surface area contributed by atoms with Crippen LogP contribution >= 0.6 is 15.9 Å². The van der Waals surface area contributed by atoms with Crippen molar-refractivity contribution >= 4 is 33.4 Å². The van der Waals surface area contributed by atoms with Gasteiger partial charge < -0.3 is 10.2 Å². The van der Waals surface area contributed by atoms with Crippen molar-refractivity contribution in [2.45, 2.75) is 25.3 Å². The third kappa shape index (κ3) is 4.25. The lowest BCUT2D eigenvalue weighted by atomic mass is 10.1. The minimum Gasteiger partial charge on any atom is -0.330 e. The van der Waals surface area contributed by atoms with Crippen molar-refractivity contribution in [3.8, 4) is 0 Å². The van der Waals surface area contributed by atoms with Crippen molar-refractivity contribution < 1.29 is 14.0 Å². The Kier molecular flexibility index (Phi) is 5.48. The van der Waals surface area contributed by atoms with E-state index in [9.17, 15) is 14.0 Å². The molecule has 2 amide bonds. The lowest BCUT2D eigenvalue weighted by Crippen LogP contribution is -2.43. The monoisotopic (exact) mass is 404 g/mol. The minimum atomic E-state index is -0.556. The van der Waals surface area contributed by atoms with E-state index in [1.54, 1.807) is 11.0 Å². The van der Waals surface area contributed by atoms with E-state index in [-0.39, 0.29) is 23.9 Å². The molecule has 6 heteroatoms. The van der Waals surface area contributed by atoms with Gasteiger partial charge in [-0.15, -0.1) is 0 Å². The molecular formula is C19H18BrFN2O2. The molecule has 3 rings (SSSR count). The zero-order valence-corrected chi connectivity index (χ0v) is 15.1. The van der Waals surface area contributed by atoms with Gasteiger partial charge >= 0.3 is 0 Å². The lowest BCUT2D eigenvalue weighted by molar-refractivity contribution is -0.136. The average molecular weight is 405 g/mol. The fraction of sp³-hybridized carbons (Fsp3) is 0.263. The molecule has 0 unspecified atom stereocenters. The first-order valence-corrected chi connectivity index (χ1v) is 8.93. The van der Waals surface area contributed by atoms with Gasteiger partial charge in [0.15, 0.2) is 0 Å². The maximum absolute atomic E-state index is 13.9. The van der Waals surface area contributed by atoms with Crippen molar-refractivity contribution in [2.75, 3.05) is 11.9 Å². The number of halogens is 2. The fourth-order valence-electron chi connectivity index (χ4n) is 3.02. The Bertz CT molecular complexity index is 782. The van der Waals surface area contributed by atoms with Gasteiger partial charge in [0.1, 0.15) is 11.9 Å². The number of rotatable bonds is 4. The number of likely N-dealkylation sites (tertiary alicyclic amines) is 1. The highest BCUT2D eigenvalue weighted by Gasteiger charge is 2.34. The van der Waals surface area contributed by atoms with Crippen molar-refractivity contribution in [1.29, 1.82) is 0 Å². The Labute approximate surface area is 154 Å². The smallest absolute Gasteiger partial charge is 0.247 e. The Balaban J connectivity index is 1.68. The number of nitrogens with one attached hydrogen (secondary N) is 1. The maximum atomic E-state index is 13.9. The minimum absolute atomic E-state index is 0.0832. The quantitative estimate of drug-likeness (QED) is 0.842. The molecule has 25 heavy (non-hydrogen) atoms. The van der Waals surface area contributed by atoms with Crippen LogP contribution in [0, 0.1) is 5.82 Å². The molecule has 0 spiro atoms. The summed E-state index contributed by atoms with van der Waals surface area (Å²) in [6, 6.07) is 13.3. The summed E-state index contributed by atoms with van der Waals surface area (Å²) in [5.74, 6) is -0.942. The molecule has 0 bridgehead atoms. The summed E-state index contributed by atoms with van der Waals surface area (Å²) in [6.07, 6.45) is 1.61. The molecule has 1 heterocycles. The summed E-state index contributed by atoms with van der Waals surface area (Å²) in [6.45, 7) is 0.548. The van der Waals surface area contributed by atoms with Gasteiger partial charge in [-0.3, -0.25) is 9.59 Å². The lowest BCUT2D eigenvalue weighted by Gasteiger charge is -2.24. The standard InChI is InChI=1S/C19H18BrFN2O2/c20-14-8-9-16(15(21)12-14)22-19(25)17-7-4-10-23(17)18(24)11-13-5-2-1-3-6-13/h1-3,5-6,8-9,12,17H,4,7,10-11H2,(H,22,25)/t17-/m0/s1. The molecule has 1 fully saturated rings. The van der Waals surface area contributed by atoms with Crippen LogP contribution < -0.4 is 5.32 Å². The van der Waals surface area contributed by atoms with E-state index < -0.39 is 11.9 Å². The number of carbonyl (C=O) groups excluding carboxylic acids is 2. The summed E-state index contributed by atoms with van der Waals surface area (Å²) in [5.41, 5.74) is 1.04. The van der Waals surface area contributed by atoms with E-state index in [2.05, 4.69) is 21.2 Å². The van der Waals surface area contributed by atoms with Gasteiger partial charge in [-0.05, 0) is 36.6 Å². The van der Waals surface area contributed by atoms with Gasteiger partial charge in [0.2, 0.25) is 11.8 Å². The first kappa shape index (κ1) is 17.6. The molecule has 1 atom stereocenters. The number of carbonyl (C=O) groups is 2. The van der Waals surface area contributed by atoms with Gasteiger partial charge in [0, 0.05) is 11.0 Å². The van der Waals surface area contributed by atoms with E-state index in [1.165, 1.54) is 12.1 Å². The van der Waals surface area contributed by atoms with E-state index in [4.69, 9.17) is 0 Å². The van der Waals surface area contributed by atoms with Crippen LogP contribution in [-0.2, 0) is 16.0 Å². The average Bonchev–Trinajstić information content (AvgIpc) is 3.08. The highest BCUT2D eigenvalue weighted by Crippen LogP contribution is 2.23. The van der Waals surface area contributed by atoms with Gasteiger partial charge in [0.05, 0.1) is 12.1 Å². The Hall–Kier alpha value is -2.21. The van der Waals surface area contributed by atoms with Gasteiger partial charge in [0.25, 0.3) is 0 Å². The Morgan fingerprint density at radius 1 is 1.20 bits per heavy atom. The second-order valence-electron chi connectivity index (χ2n) is 6.02. The van der Waals surface area contributed by atoms with Crippen LogP contribution in [0.25, 0.3) is 0 Å². The number of nitrogens with zero attached hydrogens (tertiary/aromatic N) is 1. The maximum Gasteiger partial charge on any atom is 0.247 e. The fourth-order valence-corrected chi connectivity index (χ4v) is 3.35. The van der Waals surface area contributed by atoms with Crippen LogP contribution in [0.1, 0.15) is 18.4 Å². The molecule has 0 aliphatic carbocycles. The van der Waals surface area contributed by atoms with E-state index in [1.807, 2.05) is 30.3 Å². The van der Waals surface area contributed by atoms with Crippen molar-refractivity contribution in [1.82, 2.24) is 4.90 Å². The second kappa shape index (κ2) is 7.78. The largest absolute Gasteiger partial charge is 0.330 e. The highest BCUT2D eigenvalue weighted by atomic mass is 79.9. The van der Waals surface area contributed by atoms with E-state index in [0.29, 0.717) is 17.4 Å². The zero-order valence-electron chi connectivity index (χ0n) is 13.5. The molecule has 0 saturated carbocycles. The Morgan fingerprint density at radius 3 is 2.68 bits per heavy atom. The molecule has 1 N–H and O–H groups in total. The summed E-state index contributed by atoms with van der Waals surface area (Å²) >= 11 is 3.18. The Morgan fingerprint density at radius 2 is 1.96 bits per heavy atom. The second-order valence-corrected chi connectivity index (χ2v) is 6.94. The van der Waals surface area contributed by atoms with Crippen LogP contribution in [0.4, 0.5) is 10.1 Å². The van der Waals surface area contributed by atoms with E-state index in [0.717, 1.165) is 12.0 Å². The summed E-state index contributed by atoms with van der Waals surface area (Å²) < 4.78 is 14.5. The predicted molar refractivity (Wildman–Crippen MR) is 97.6 cm³/mol. The molecule has 2 aromatic carbocycles. The van der Waals surface area contributed by atoms with Gasteiger partial charge in [-0.2, -0.15) is 0 Å². The van der Waals surface area contributed by atoms with Crippen molar-refractivity contribution in [2.24, 2.45) is 0 Å². The zero-order chi connectivity index (χ0) is 17.8. The van der Waals surface area contributed by atoms with Crippen molar-refractivity contribution in [3.05, 3.63) is 64.4 Å². The number of hydrogen-bond donors (Lipinski definition) is 1. The van der Waals surface area contributed by atoms with Crippen LogP contribution in [-0.4, -0.2) is 29.3 Å². The van der Waals surface area contributed by atoms with Crippen LogP contribution in [0.15, 0.2) is 53.0 Å².